The smallest absolute Gasteiger partial charge is 0.271 e. The predicted molar refractivity (Wildman–Crippen MR) is 152 cm³/mol. The average Bonchev–Trinajstić information content (AvgIpc) is 3.57. The van der Waals surface area contributed by atoms with Crippen LogP contribution < -0.4 is 10.3 Å². The lowest BCUT2D eigenvalue weighted by atomic mass is 10.1. The van der Waals surface area contributed by atoms with E-state index in [0.717, 1.165) is 69.9 Å². The number of thioether (sulfide) groups is 1. The molecule has 1 saturated heterocycles. The van der Waals surface area contributed by atoms with Gasteiger partial charge in [-0.05, 0) is 73.9 Å². The first kappa shape index (κ1) is 25.1. The quantitative estimate of drug-likeness (QED) is 0.161. The summed E-state index contributed by atoms with van der Waals surface area (Å²) in [6.45, 7) is 3.94. The van der Waals surface area contributed by atoms with Crippen LogP contribution in [0.5, 0.6) is 0 Å². The fraction of sp³-hybridized carbons (Fsp3) is 0.207. The molecule has 0 atom stereocenters. The van der Waals surface area contributed by atoms with Crippen molar-refractivity contribution in [1.82, 2.24) is 15.2 Å². The zero-order valence-corrected chi connectivity index (χ0v) is 22.2. The number of amides is 1. The number of rotatable bonds is 8. The molecule has 4 aromatic rings. The van der Waals surface area contributed by atoms with Crippen molar-refractivity contribution in [3.63, 3.8) is 0 Å². The fourth-order valence-electron chi connectivity index (χ4n) is 4.33. The molecular formula is C29H28ClN5OS. The summed E-state index contributed by atoms with van der Waals surface area (Å²) in [5, 5.41) is 9.83. The van der Waals surface area contributed by atoms with E-state index in [2.05, 4.69) is 15.4 Å². The van der Waals surface area contributed by atoms with E-state index in [4.69, 9.17) is 16.7 Å². The Bertz CT molecular complexity index is 1380. The Labute approximate surface area is 226 Å². The van der Waals surface area contributed by atoms with Crippen molar-refractivity contribution in [3.05, 3.63) is 106 Å². The average molecular weight is 530 g/mol. The number of para-hydroxylation sites is 1. The lowest BCUT2D eigenvalue weighted by Gasteiger charge is -2.20. The molecule has 0 aliphatic carbocycles. The maximum absolute atomic E-state index is 12.7. The molecule has 1 aliphatic rings. The van der Waals surface area contributed by atoms with Crippen LogP contribution in [-0.2, 0) is 5.75 Å². The number of aromatic nitrogens is 2. The van der Waals surface area contributed by atoms with Crippen LogP contribution in [0.25, 0.3) is 5.69 Å². The number of carbonyl (C=O) groups is 1. The summed E-state index contributed by atoms with van der Waals surface area (Å²) in [6, 6.07) is 25.5. The first-order valence-corrected chi connectivity index (χ1v) is 13.7. The number of hydrogen-bond donors (Lipinski definition) is 1. The normalized spacial score (nSPS) is 13.4. The van der Waals surface area contributed by atoms with E-state index in [1.54, 1.807) is 18.0 Å². The number of carbonyl (C=O) groups excluding carboxylic acids is 1. The van der Waals surface area contributed by atoms with Crippen molar-refractivity contribution in [2.45, 2.75) is 30.4 Å². The summed E-state index contributed by atoms with van der Waals surface area (Å²) in [7, 11) is 0. The van der Waals surface area contributed by atoms with Crippen molar-refractivity contribution in [2.24, 2.45) is 5.10 Å². The Balaban J connectivity index is 1.26. The number of nitrogens with zero attached hydrogens (tertiary/aromatic N) is 4. The van der Waals surface area contributed by atoms with Crippen LogP contribution in [0, 0.1) is 6.92 Å². The highest BCUT2D eigenvalue weighted by atomic mass is 35.5. The number of nitrogens with one attached hydrogen (secondary N) is 1. The van der Waals surface area contributed by atoms with E-state index in [0.29, 0.717) is 5.56 Å². The molecule has 0 spiro atoms. The zero-order chi connectivity index (χ0) is 25.6. The highest BCUT2D eigenvalue weighted by Gasteiger charge is 2.23. The number of anilines is 1. The fourth-order valence-corrected chi connectivity index (χ4v) is 5.31. The third kappa shape index (κ3) is 6.06. The monoisotopic (exact) mass is 529 g/mol. The van der Waals surface area contributed by atoms with Gasteiger partial charge in [-0.3, -0.25) is 4.79 Å². The number of benzene rings is 3. The molecular weight excluding hydrogens is 502 g/mol. The molecule has 3 aromatic carbocycles. The molecule has 1 aliphatic heterocycles. The highest BCUT2D eigenvalue weighted by molar-refractivity contribution is 7.98. The van der Waals surface area contributed by atoms with Gasteiger partial charge in [0.15, 0.2) is 0 Å². The predicted octanol–water partition coefficient (Wildman–Crippen LogP) is 6.49. The third-order valence-electron chi connectivity index (χ3n) is 6.28. The number of hydrazone groups is 1. The van der Waals surface area contributed by atoms with Gasteiger partial charge in [0.25, 0.3) is 5.91 Å². The van der Waals surface area contributed by atoms with Gasteiger partial charge in [-0.15, -0.1) is 11.8 Å². The van der Waals surface area contributed by atoms with Gasteiger partial charge in [-0.1, -0.05) is 41.9 Å². The van der Waals surface area contributed by atoms with Crippen LogP contribution >= 0.6 is 23.4 Å². The summed E-state index contributed by atoms with van der Waals surface area (Å²) in [5.74, 6) is 1.58. The second kappa shape index (κ2) is 11.7. The first-order chi connectivity index (χ1) is 18.1. The Hall–Kier alpha value is -3.55. The largest absolute Gasteiger partial charge is 0.356 e. The maximum atomic E-state index is 12.7. The first-order valence-electron chi connectivity index (χ1n) is 12.3. The molecule has 0 radical (unpaired) electrons. The van der Waals surface area contributed by atoms with Gasteiger partial charge in [-0.2, -0.15) is 10.2 Å². The van der Waals surface area contributed by atoms with Gasteiger partial charge < -0.3 is 4.90 Å². The van der Waals surface area contributed by atoms with Gasteiger partial charge in [0, 0.05) is 34.3 Å². The van der Waals surface area contributed by atoms with Crippen molar-refractivity contribution in [1.29, 1.82) is 0 Å². The molecule has 1 amide bonds. The van der Waals surface area contributed by atoms with E-state index in [1.807, 2.05) is 90.5 Å². The number of hydrogen-bond acceptors (Lipinski definition) is 5. The van der Waals surface area contributed by atoms with Crippen LogP contribution in [0.4, 0.5) is 5.82 Å². The Morgan fingerprint density at radius 3 is 2.43 bits per heavy atom. The lowest BCUT2D eigenvalue weighted by Crippen LogP contribution is -2.23. The summed E-state index contributed by atoms with van der Waals surface area (Å²) in [4.78, 5) is 16.2. The zero-order valence-electron chi connectivity index (χ0n) is 20.6. The third-order valence-corrected chi connectivity index (χ3v) is 7.62. The van der Waals surface area contributed by atoms with Crippen LogP contribution in [0.1, 0.15) is 40.0 Å². The van der Waals surface area contributed by atoms with E-state index in [1.165, 1.54) is 0 Å². The number of aryl methyl sites for hydroxylation is 1. The van der Waals surface area contributed by atoms with E-state index >= 15 is 0 Å². The Morgan fingerprint density at radius 1 is 1.03 bits per heavy atom. The molecule has 0 bridgehead atoms. The van der Waals surface area contributed by atoms with E-state index in [-0.39, 0.29) is 5.91 Å². The van der Waals surface area contributed by atoms with Crippen molar-refractivity contribution < 1.29 is 4.79 Å². The van der Waals surface area contributed by atoms with Crippen LogP contribution in [0.2, 0.25) is 5.02 Å². The SMILES string of the molecule is Cc1nn(-c2ccccc2)c(N2CCCC2)c1/C=N/NC(=O)c1ccc(CSc2ccc(Cl)cc2)cc1. The summed E-state index contributed by atoms with van der Waals surface area (Å²) < 4.78 is 1.98. The summed E-state index contributed by atoms with van der Waals surface area (Å²) >= 11 is 7.68. The molecule has 0 saturated carbocycles. The van der Waals surface area contributed by atoms with Gasteiger partial charge in [0.05, 0.1) is 23.2 Å². The summed E-state index contributed by atoms with van der Waals surface area (Å²) in [5.41, 5.74) is 7.17. The van der Waals surface area contributed by atoms with E-state index < -0.39 is 0 Å². The second-order valence-electron chi connectivity index (χ2n) is 8.90. The van der Waals surface area contributed by atoms with Crippen LogP contribution in [-0.4, -0.2) is 35.0 Å². The van der Waals surface area contributed by atoms with Crippen molar-refractivity contribution >= 4 is 41.3 Å². The molecule has 188 valence electrons. The molecule has 6 nitrogen and oxygen atoms in total. The van der Waals surface area contributed by atoms with Gasteiger partial charge in [-0.25, -0.2) is 10.1 Å². The topological polar surface area (TPSA) is 62.5 Å². The standard InChI is InChI=1S/C29H28ClN5OS/c1-21-27(29(34-17-5-6-18-34)35(33-21)25-7-3-2-4-8-25)19-31-32-28(36)23-11-9-22(10-12-23)20-37-26-15-13-24(30)14-16-26/h2-4,7-16,19H,5-6,17-18,20H2,1H3,(H,32,36)/b31-19+. The lowest BCUT2D eigenvalue weighted by molar-refractivity contribution is 0.0955. The number of halogens is 1. The molecule has 5 rings (SSSR count). The van der Waals surface area contributed by atoms with Crippen molar-refractivity contribution in [3.8, 4) is 5.69 Å². The minimum absolute atomic E-state index is 0.246. The molecule has 2 heterocycles. The molecule has 1 fully saturated rings. The van der Waals surface area contributed by atoms with Crippen LogP contribution in [0.15, 0.2) is 88.9 Å². The minimum atomic E-state index is -0.246. The molecule has 0 unspecified atom stereocenters. The van der Waals surface area contributed by atoms with Crippen molar-refractivity contribution in [2.75, 3.05) is 18.0 Å². The van der Waals surface area contributed by atoms with Gasteiger partial charge in [0.2, 0.25) is 0 Å². The second-order valence-corrected chi connectivity index (χ2v) is 10.4. The Kier molecular flexibility index (Phi) is 7.92. The maximum Gasteiger partial charge on any atom is 0.271 e. The summed E-state index contributed by atoms with van der Waals surface area (Å²) in [6.07, 6.45) is 4.02. The molecule has 37 heavy (non-hydrogen) atoms. The van der Waals surface area contributed by atoms with Crippen LogP contribution in [0.3, 0.4) is 0 Å². The highest BCUT2D eigenvalue weighted by Crippen LogP contribution is 2.29. The molecule has 1 N–H and O–H groups in total. The molecule has 8 heteroatoms. The Morgan fingerprint density at radius 2 is 1.73 bits per heavy atom. The van der Waals surface area contributed by atoms with E-state index in [9.17, 15) is 4.79 Å². The molecule has 1 aromatic heterocycles. The van der Waals surface area contributed by atoms with Gasteiger partial charge >= 0.3 is 0 Å². The van der Waals surface area contributed by atoms with Gasteiger partial charge in [0.1, 0.15) is 5.82 Å². The minimum Gasteiger partial charge on any atom is -0.356 e.